The lowest BCUT2D eigenvalue weighted by Gasteiger charge is -2.14. The van der Waals surface area contributed by atoms with E-state index in [0.29, 0.717) is 29.9 Å². The molecule has 24 heavy (non-hydrogen) atoms. The van der Waals surface area contributed by atoms with Crippen LogP contribution < -0.4 is 20.1 Å². The van der Waals surface area contributed by atoms with Crippen molar-refractivity contribution >= 4 is 34.6 Å². The second kappa shape index (κ2) is 9.35. The van der Waals surface area contributed by atoms with Crippen molar-refractivity contribution in [1.82, 2.24) is 5.32 Å². The molecule has 0 aliphatic carbocycles. The first-order valence-electron chi connectivity index (χ1n) is 7.82. The van der Waals surface area contributed by atoms with E-state index in [-0.39, 0.29) is 0 Å². The van der Waals surface area contributed by atoms with E-state index in [1.165, 1.54) is 0 Å². The summed E-state index contributed by atoms with van der Waals surface area (Å²) in [6.07, 6.45) is 0. The maximum atomic E-state index is 6.11. The molecule has 0 aliphatic rings. The molecule has 0 atom stereocenters. The third kappa shape index (κ3) is 5.28. The van der Waals surface area contributed by atoms with Crippen molar-refractivity contribution in [2.45, 2.75) is 20.4 Å². The molecule has 2 aromatic rings. The van der Waals surface area contributed by atoms with Crippen LogP contribution >= 0.6 is 23.8 Å². The smallest absolute Gasteiger partial charge is 0.171 e. The lowest BCUT2D eigenvalue weighted by Crippen LogP contribution is -2.28. The van der Waals surface area contributed by atoms with Gasteiger partial charge in [0.25, 0.3) is 0 Å². The van der Waals surface area contributed by atoms with Crippen LogP contribution in [0.3, 0.4) is 0 Å². The van der Waals surface area contributed by atoms with Gasteiger partial charge in [-0.3, -0.25) is 0 Å². The van der Waals surface area contributed by atoms with Gasteiger partial charge in [0.1, 0.15) is 0 Å². The van der Waals surface area contributed by atoms with Gasteiger partial charge < -0.3 is 20.1 Å². The predicted octanol–water partition coefficient (Wildman–Crippen LogP) is 4.62. The first kappa shape index (κ1) is 18.4. The Kier molecular flexibility index (Phi) is 7.15. The number of hydrogen-bond acceptors (Lipinski definition) is 3. The maximum absolute atomic E-state index is 6.11. The Bertz CT molecular complexity index is 694. The number of hydrogen-bond donors (Lipinski definition) is 2. The van der Waals surface area contributed by atoms with Crippen LogP contribution in [0.1, 0.15) is 19.4 Å². The lowest BCUT2D eigenvalue weighted by molar-refractivity contribution is 0.287. The number of benzene rings is 2. The Morgan fingerprint density at radius 1 is 1.04 bits per heavy atom. The predicted molar refractivity (Wildman–Crippen MR) is 103 cm³/mol. The molecule has 128 valence electrons. The summed E-state index contributed by atoms with van der Waals surface area (Å²) in [5.41, 5.74) is 1.82. The van der Waals surface area contributed by atoms with Crippen LogP contribution in [-0.2, 0) is 6.54 Å². The molecule has 0 saturated carbocycles. The third-order valence-electron chi connectivity index (χ3n) is 3.18. The van der Waals surface area contributed by atoms with Crippen molar-refractivity contribution < 1.29 is 9.47 Å². The molecular formula is C18H21ClN2O2S. The molecule has 4 nitrogen and oxygen atoms in total. The van der Waals surface area contributed by atoms with Crippen molar-refractivity contribution in [3.8, 4) is 11.5 Å². The largest absolute Gasteiger partial charge is 0.490 e. The minimum absolute atomic E-state index is 0.509. The summed E-state index contributed by atoms with van der Waals surface area (Å²) in [6, 6.07) is 13.3. The Labute approximate surface area is 153 Å². The summed E-state index contributed by atoms with van der Waals surface area (Å²) in [5, 5.41) is 7.38. The second-order valence-corrected chi connectivity index (χ2v) is 5.75. The van der Waals surface area contributed by atoms with E-state index in [2.05, 4.69) is 10.6 Å². The van der Waals surface area contributed by atoms with Crippen LogP contribution in [0.15, 0.2) is 42.5 Å². The van der Waals surface area contributed by atoms with E-state index in [1.807, 2.05) is 56.3 Å². The van der Waals surface area contributed by atoms with Gasteiger partial charge in [0.15, 0.2) is 16.6 Å². The monoisotopic (exact) mass is 364 g/mol. The number of thiocarbonyl (C=S) groups is 1. The van der Waals surface area contributed by atoms with Crippen LogP contribution in [0.25, 0.3) is 0 Å². The average molecular weight is 365 g/mol. The highest BCUT2D eigenvalue weighted by molar-refractivity contribution is 7.80. The third-order valence-corrected chi connectivity index (χ3v) is 3.76. The minimum Gasteiger partial charge on any atom is -0.490 e. The van der Waals surface area contributed by atoms with E-state index in [0.717, 1.165) is 22.7 Å². The molecule has 0 spiro atoms. The van der Waals surface area contributed by atoms with Crippen molar-refractivity contribution in [3.63, 3.8) is 0 Å². The molecule has 0 fully saturated rings. The first-order chi connectivity index (χ1) is 11.6. The number of ether oxygens (including phenoxy) is 2. The van der Waals surface area contributed by atoms with Crippen molar-refractivity contribution in [2.75, 3.05) is 18.5 Å². The number of nitrogens with one attached hydrogen (secondary N) is 2. The Morgan fingerprint density at radius 3 is 2.46 bits per heavy atom. The van der Waals surface area contributed by atoms with Gasteiger partial charge in [0, 0.05) is 6.54 Å². The molecule has 0 aromatic heterocycles. The van der Waals surface area contributed by atoms with Crippen molar-refractivity contribution in [2.24, 2.45) is 0 Å². The second-order valence-electron chi connectivity index (χ2n) is 4.93. The van der Waals surface area contributed by atoms with Crippen LogP contribution in [0.5, 0.6) is 11.5 Å². The Morgan fingerprint density at radius 2 is 1.75 bits per heavy atom. The van der Waals surface area contributed by atoms with Crippen LogP contribution in [0, 0.1) is 0 Å². The van der Waals surface area contributed by atoms with Gasteiger partial charge in [-0.2, -0.15) is 0 Å². The molecule has 0 aliphatic heterocycles. The molecule has 0 saturated heterocycles. The molecular weight excluding hydrogens is 344 g/mol. The van der Waals surface area contributed by atoms with E-state index in [9.17, 15) is 0 Å². The number of rotatable bonds is 7. The van der Waals surface area contributed by atoms with Gasteiger partial charge in [-0.05, 0) is 55.9 Å². The quantitative estimate of drug-likeness (QED) is 0.701. The first-order valence-corrected chi connectivity index (χ1v) is 8.60. The molecule has 2 rings (SSSR count). The fourth-order valence-electron chi connectivity index (χ4n) is 2.12. The Hall–Kier alpha value is -1.98. The summed E-state index contributed by atoms with van der Waals surface area (Å²) in [4.78, 5) is 0. The average Bonchev–Trinajstić information content (AvgIpc) is 2.57. The van der Waals surface area contributed by atoms with Gasteiger partial charge in [-0.1, -0.05) is 29.8 Å². The summed E-state index contributed by atoms with van der Waals surface area (Å²) >= 11 is 11.4. The standard InChI is InChI=1S/C18H21ClN2O2S/c1-3-22-16-10-9-13(11-17(16)23-4-2)12-20-18(24)21-15-8-6-5-7-14(15)19/h5-11H,3-4,12H2,1-2H3,(H2,20,21,24). The number of para-hydroxylation sites is 1. The minimum atomic E-state index is 0.509. The summed E-state index contributed by atoms with van der Waals surface area (Å²) in [7, 11) is 0. The molecule has 0 bridgehead atoms. The summed E-state index contributed by atoms with van der Waals surface area (Å²) in [5.74, 6) is 1.49. The molecule has 2 N–H and O–H groups in total. The fourth-order valence-corrected chi connectivity index (χ4v) is 2.48. The van der Waals surface area contributed by atoms with Gasteiger partial charge in [0.05, 0.1) is 23.9 Å². The SMILES string of the molecule is CCOc1ccc(CNC(=S)Nc2ccccc2Cl)cc1OCC. The van der Waals surface area contributed by atoms with Crippen LogP contribution in [0.4, 0.5) is 5.69 Å². The Balaban J connectivity index is 1.97. The lowest BCUT2D eigenvalue weighted by atomic mass is 10.2. The number of halogens is 1. The van der Waals surface area contributed by atoms with E-state index in [4.69, 9.17) is 33.3 Å². The molecule has 6 heteroatoms. The zero-order valence-electron chi connectivity index (χ0n) is 13.8. The zero-order valence-corrected chi connectivity index (χ0v) is 15.3. The normalized spacial score (nSPS) is 10.1. The summed E-state index contributed by atoms with van der Waals surface area (Å²) < 4.78 is 11.2. The number of anilines is 1. The zero-order chi connectivity index (χ0) is 17.4. The van der Waals surface area contributed by atoms with Crippen LogP contribution in [0.2, 0.25) is 5.02 Å². The van der Waals surface area contributed by atoms with Gasteiger partial charge in [0.2, 0.25) is 0 Å². The highest BCUT2D eigenvalue weighted by Gasteiger charge is 2.07. The molecule has 0 heterocycles. The van der Waals surface area contributed by atoms with E-state index in [1.54, 1.807) is 0 Å². The molecule has 0 unspecified atom stereocenters. The molecule has 0 radical (unpaired) electrons. The van der Waals surface area contributed by atoms with Gasteiger partial charge in [-0.15, -0.1) is 0 Å². The topological polar surface area (TPSA) is 42.5 Å². The van der Waals surface area contributed by atoms with Gasteiger partial charge in [-0.25, -0.2) is 0 Å². The van der Waals surface area contributed by atoms with Crippen molar-refractivity contribution in [1.29, 1.82) is 0 Å². The molecule has 2 aromatic carbocycles. The van der Waals surface area contributed by atoms with Gasteiger partial charge >= 0.3 is 0 Å². The highest BCUT2D eigenvalue weighted by atomic mass is 35.5. The molecule has 0 amide bonds. The highest BCUT2D eigenvalue weighted by Crippen LogP contribution is 2.28. The summed E-state index contributed by atoms with van der Waals surface area (Å²) in [6.45, 7) is 5.66. The van der Waals surface area contributed by atoms with Crippen molar-refractivity contribution in [3.05, 3.63) is 53.1 Å². The van der Waals surface area contributed by atoms with E-state index >= 15 is 0 Å². The fraction of sp³-hybridized carbons (Fsp3) is 0.278. The maximum Gasteiger partial charge on any atom is 0.171 e. The van der Waals surface area contributed by atoms with E-state index < -0.39 is 0 Å². The van der Waals surface area contributed by atoms with Crippen LogP contribution in [-0.4, -0.2) is 18.3 Å².